The van der Waals surface area contributed by atoms with Crippen molar-refractivity contribution in [2.75, 3.05) is 25.6 Å². The molecular weight excluding hydrogens is 386 g/mol. The number of halogens is 1. The Bertz CT molecular complexity index is 623. The lowest BCUT2D eigenvalue weighted by Crippen LogP contribution is -2.45. The summed E-state index contributed by atoms with van der Waals surface area (Å²) in [6.45, 7) is 15.6. The predicted molar refractivity (Wildman–Crippen MR) is 124 cm³/mol. The van der Waals surface area contributed by atoms with E-state index < -0.39 is 8.32 Å². The van der Waals surface area contributed by atoms with Gasteiger partial charge in [0.25, 0.3) is 0 Å². The molecule has 0 aliphatic rings. The van der Waals surface area contributed by atoms with Gasteiger partial charge in [0.2, 0.25) is 0 Å². The van der Waals surface area contributed by atoms with E-state index in [1.54, 1.807) is 0 Å². The number of rotatable bonds is 11. The van der Waals surface area contributed by atoms with Crippen molar-refractivity contribution in [1.82, 2.24) is 4.90 Å². The van der Waals surface area contributed by atoms with E-state index in [4.69, 9.17) is 16.0 Å². The van der Waals surface area contributed by atoms with Crippen molar-refractivity contribution in [3.05, 3.63) is 59.7 Å². The Morgan fingerprint density at radius 1 is 1.25 bits per heavy atom. The summed E-state index contributed by atoms with van der Waals surface area (Å²) >= 11 is 5.98. The molecule has 1 aromatic carbocycles. The lowest BCUT2D eigenvalue weighted by molar-refractivity contribution is 0.160. The van der Waals surface area contributed by atoms with Gasteiger partial charge < -0.3 is 9.53 Å². The molecule has 0 aromatic heterocycles. The van der Waals surface area contributed by atoms with Gasteiger partial charge >= 0.3 is 0 Å². The molecule has 1 rings (SSSR count). The molecule has 5 heteroatoms. The van der Waals surface area contributed by atoms with Gasteiger partial charge in [0.1, 0.15) is 0 Å². The van der Waals surface area contributed by atoms with E-state index in [9.17, 15) is 5.11 Å². The van der Waals surface area contributed by atoms with Crippen molar-refractivity contribution in [2.24, 2.45) is 0 Å². The molecule has 0 fully saturated rings. The van der Waals surface area contributed by atoms with E-state index in [-0.39, 0.29) is 17.7 Å². The molecule has 3 nitrogen and oxygen atoms in total. The summed E-state index contributed by atoms with van der Waals surface area (Å²) in [5, 5.41) is 9.50. The number of allylic oxidation sites excluding steroid dienone is 1. The van der Waals surface area contributed by atoms with Crippen LogP contribution in [-0.2, 0) is 11.0 Å². The molecule has 0 amide bonds. The van der Waals surface area contributed by atoms with Gasteiger partial charge in [0.05, 0.1) is 19.3 Å². The van der Waals surface area contributed by atoms with Crippen LogP contribution >= 0.6 is 11.6 Å². The van der Waals surface area contributed by atoms with Crippen molar-refractivity contribution in [3.8, 4) is 0 Å². The molecule has 0 saturated carbocycles. The number of nitrogens with zero attached hydrogens (tertiary/aromatic N) is 1. The highest BCUT2D eigenvalue weighted by Crippen LogP contribution is 2.36. The van der Waals surface area contributed by atoms with Crippen LogP contribution in [-0.4, -0.2) is 50.0 Å². The largest absolute Gasteiger partial charge is 0.415 e. The second kappa shape index (κ2) is 11.9. The van der Waals surface area contributed by atoms with Crippen molar-refractivity contribution < 1.29 is 9.53 Å². The predicted octanol–water partition coefficient (Wildman–Crippen LogP) is 5.61. The van der Waals surface area contributed by atoms with Gasteiger partial charge in [-0.2, -0.15) is 0 Å². The smallest absolute Gasteiger partial charge is 0.192 e. The lowest BCUT2D eigenvalue weighted by Gasteiger charge is -2.38. The highest BCUT2D eigenvalue weighted by molar-refractivity contribution is 6.74. The third-order valence-corrected chi connectivity index (χ3v) is 10.4. The zero-order chi connectivity index (χ0) is 21.2. The Kier molecular flexibility index (Phi) is 10.7. The fraction of sp³-hybridized carbons (Fsp3) is 0.565. The highest BCUT2D eigenvalue weighted by atomic mass is 35.5. The minimum absolute atomic E-state index is 0.0340. The van der Waals surface area contributed by atoms with Crippen LogP contribution in [0.4, 0.5) is 0 Å². The van der Waals surface area contributed by atoms with Crippen LogP contribution in [0, 0.1) is 0 Å². The zero-order valence-electron chi connectivity index (χ0n) is 18.4. The second-order valence-corrected chi connectivity index (χ2v) is 13.9. The topological polar surface area (TPSA) is 32.7 Å². The van der Waals surface area contributed by atoms with Crippen molar-refractivity contribution in [2.45, 2.75) is 58.4 Å². The minimum Gasteiger partial charge on any atom is -0.415 e. The Balaban J connectivity index is 3.06. The highest BCUT2D eigenvalue weighted by Gasteiger charge is 2.37. The van der Waals surface area contributed by atoms with Crippen LogP contribution in [0.5, 0.6) is 0 Å². The lowest BCUT2D eigenvalue weighted by atomic mass is 10.1. The Morgan fingerprint density at radius 3 is 2.43 bits per heavy atom. The van der Waals surface area contributed by atoms with E-state index in [0.717, 1.165) is 18.7 Å². The van der Waals surface area contributed by atoms with Gasteiger partial charge in [-0.05, 0) is 30.6 Å². The Hall–Kier alpha value is -0.913. The summed E-state index contributed by atoms with van der Waals surface area (Å²) in [6.07, 6.45) is 6.07. The first kappa shape index (κ1) is 25.1. The quantitative estimate of drug-likeness (QED) is 0.285. The summed E-state index contributed by atoms with van der Waals surface area (Å²) in [5.74, 6) is 0.538. The normalized spacial score (nSPS) is 14.8. The van der Waals surface area contributed by atoms with Crippen LogP contribution < -0.4 is 0 Å². The molecule has 1 atom stereocenters. The fourth-order valence-electron chi connectivity index (χ4n) is 2.47. The Morgan fingerprint density at radius 2 is 1.89 bits per heavy atom. The molecule has 28 heavy (non-hydrogen) atoms. The molecular formula is C23H38ClNO2Si. The molecule has 158 valence electrons. The molecule has 0 aliphatic heterocycles. The van der Waals surface area contributed by atoms with Crippen molar-refractivity contribution in [1.29, 1.82) is 0 Å². The molecule has 0 spiro atoms. The number of aliphatic hydroxyl groups excluding tert-OH is 1. The minimum atomic E-state index is -1.86. The van der Waals surface area contributed by atoms with E-state index in [1.807, 2.05) is 12.1 Å². The first-order valence-corrected chi connectivity index (χ1v) is 13.5. The third-order valence-electron chi connectivity index (χ3n) is 5.47. The number of hydrogen-bond donors (Lipinski definition) is 1. The summed E-state index contributed by atoms with van der Waals surface area (Å²) in [6, 6.07) is 10.5. The maximum Gasteiger partial charge on any atom is 0.192 e. The van der Waals surface area contributed by atoms with Gasteiger partial charge in [-0.3, -0.25) is 4.90 Å². The van der Waals surface area contributed by atoms with E-state index in [0.29, 0.717) is 12.5 Å². The Labute approximate surface area is 178 Å². The van der Waals surface area contributed by atoms with Crippen LogP contribution in [0.1, 0.15) is 33.3 Å². The average Bonchev–Trinajstić information content (AvgIpc) is 2.65. The summed E-state index contributed by atoms with van der Waals surface area (Å²) in [7, 11) is -1.86. The third kappa shape index (κ3) is 8.62. The zero-order valence-corrected chi connectivity index (χ0v) is 20.2. The van der Waals surface area contributed by atoms with E-state index in [2.05, 4.69) is 82.1 Å². The van der Waals surface area contributed by atoms with E-state index >= 15 is 0 Å². The molecule has 0 bridgehead atoms. The van der Waals surface area contributed by atoms with Gasteiger partial charge in [-0.1, -0.05) is 74.9 Å². The van der Waals surface area contributed by atoms with Gasteiger partial charge in [-0.25, -0.2) is 0 Å². The van der Waals surface area contributed by atoms with Crippen LogP contribution in [0.15, 0.2) is 54.1 Å². The molecule has 1 aromatic rings. The van der Waals surface area contributed by atoms with Crippen molar-refractivity contribution >= 4 is 19.9 Å². The monoisotopic (exact) mass is 423 g/mol. The first-order chi connectivity index (χ1) is 13.1. The standard InChI is InChI=1S/C23H38ClNO2Si/c1-20(17-24)14-15-25(18-21-11-8-7-9-12-21)22(13-10-16-26)19-27-28(5,6)23(2,3)4/h7-14,22,26H,15-19H2,1-6H3/b13-10+,20-14+. The molecule has 0 radical (unpaired) electrons. The van der Waals surface area contributed by atoms with E-state index in [1.165, 1.54) is 5.56 Å². The maximum atomic E-state index is 9.33. The maximum absolute atomic E-state index is 9.33. The molecule has 0 heterocycles. The number of hydrogen-bond acceptors (Lipinski definition) is 3. The summed E-state index contributed by atoms with van der Waals surface area (Å²) in [4.78, 5) is 2.38. The number of benzene rings is 1. The average molecular weight is 424 g/mol. The van der Waals surface area contributed by atoms with Crippen LogP contribution in [0.2, 0.25) is 18.1 Å². The van der Waals surface area contributed by atoms with Crippen LogP contribution in [0.3, 0.4) is 0 Å². The van der Waals surface area contributed by atoms with Gasteiger partial charge in [0, 0.05) is 19.0 Å². The summed E-state index contributed by atoms with van der Waals surface area (Å²) < 4.78 is 6.52. The van der Waals surface area contributed by atoms with Gasteiger partial charge in [-0.15, -0.1) is 11.6 Å². The SMILES string of the molecule is C/C(=C\CN(Cc1ccccc1)C(/C=C/CO)CO[Si](C)(C)C(C)(C)C)CCl. The van der Waals surface area contributed by atoms with Gasteiger partial charge in [0.15, 0.2) is 8.32 Å². The molecule has 1 unspecified atom stereocenters. The number of alkyl halides is 1. The molecule has 1 N–H and O–H groups in total. The first-order valence-electron chi connectivity index (χ1n) is 10.0. The van der Waals surface area contributed by atoms with Crippen molar-refractivity contribution in [3.63, 3.8) is 0 Å². The van der Waals surface area contributed by atoms with Crippen LogP contribution in [0.25, 0.3) is 0 Å². The fourth-order valence-corrected chi connectivity index (χ4v) is 3.60. The molecule has 0 aliphatic carbocycles. The second-order valence-electron chi connectivity index (χ2n) is 8.85. The molecule has 0 saturated heterocycles. The number of aliphatic hydroxyl groups is 1. The summed E-state index contributed by atoms with van der Waals surface area (Å²) in [5.41, 5.74) is 2.42.